The Morgan fingerprint density at radius 3 is 2.48 bits per heavy atom. The van der Waals surface area contributed by atoms with Crippen LogP contribution in [-0.2, 0) is 22.4 Å². The first-order valence-electron chi connectivity index (χ1n) is 8.87. The topological polar surface area (TPSA) is 45.5 Å². The van der Waals surface area contributed by atoms with Crippen LogP contribution in [0, 0.1) is 5.41 Å². The number of rotatable bonds is 7. The van der Waals surface area contributed by atoms with Gasteiger partial charge >= 0.3 is 0 Å². The Kier molecular flexibility index (Phi) is 5.45. The van der Waals surface area contributed by atoms with Gasteiger partial charge in [0.15, 0.2) is 5.79 Å². The molecular weight excluding hydrogens is 316 g/mol. The third-order valence-corrected chi connectivity index (χ3v) is 4.62. The number of hydrogen-bond acceptors (Lipinski definition) is 4. The molecule has 0 amide bonds. The highest BCUT2D eigenvalue weighted by molar-refractivity contribution is 5.27. The molecule has 0 bridgehead atoms. The van der Waals surface area contributed by atoms with Crippen LogP contribution in [0.5, 0.6) is 5.75 Å². The van der Waals surface area contributed by atoms with Crippen molar-refractivity contribution in [2.75, 3.05) is 20.3 Å². The van der Waals surface area contributed by atoms with Crippen LogP contribution in [0.1, 0.15) is 32.3 Å². The van der Waals surface area contributed by atoms with E-state index in [0.717, 1.165) is 25.0 Å². The Hall–Kier alpha value is -1.85. The first-order valence-corrected chi connectivity index (χ1v) is 8.87. The van der Waals surface area contributed by atoms with Gasteiger partial charge in [-0.05, 0) is 30.5 Å². The van der Waals surface area contributed by atoms with Gasteiger partial charge in [0.05, 0.1) is 33.2 Å². The van der Waals surface area contributed by atoms with E-state index in [2.05, 4.69) is 31.0 Å². The monoisotopic (exact) mass is 344 g/mol. The molecule has 25 heavy (non-hydrogen) atoms. The molecule has 1 aromatic heterocycles. The third-order valence-electron chi connectivity index (χ3n) is 4.62. The third kappa shape index (κ3) is 4.83. The Balaban J connectivity index is 1.61. The molecule has 1 fully saturated rings. The summed E-state index contributed by atoms with van der Waals surface area (Å²) in [7, 11) is 1.69. The van der Waals surface area contributed by atoms with Crippen molar-refractivity contribution in [1.29, 1.82) is 0 Å². The molecule has 5 nitrogen and oxygen atoms in total. The van der Waals surface area contributed by atoms with Gasteiger partial charge in [0.1, 0.15) is 5.75 Å². The highest BCUT2D eigenvalue weighted by atomic mass is 16.7. The highest BCUT2D eigenvalue weighted by Crippen LogP contribution is 2.34. The van der Waals surface area contributed by atoms with Crippen LogP contribution in [0.25, 0.3) is 0 Å². The van der Waals surface area contributed by atoms with Gasteiger partial charge in [0, 0.05) is 24.2 Å². The van der Waals surface area contributed by atoms with E-state index in [9.17, 15) is 0 Å². The normalized spacial score (nSPS) is 18.8. The molecule has 2 aromatic rings. The maximum Gasteiger partial charge on any atom is 0.186 e. The molecule has 0 spiro atoms. The maximum absolute atomic E-state index is 6.24. The van der Waals surface area contributed by atoms with Gasteiger partial charge in [-0.3, -0.25) is 0 Å². The fourth-order valence-electron chi connectivity index (χ4n) is 3.06. The average molecular weight is 344 g/mol. The van der Waals surface area contributed by atoms with Crippen molar-refractivity contribution in [3.8, 4) is 5.75 Å². The van der Waals surface area contributed by atoms with Gasteiger partial charge in [0.2, 0.25) is 0 Å². The van der Waals surface area contributed by atoms with Crippen LogP contribution in [-0.4, -0.2) is 35.7 Å². The van der Waals surface area contributed by atoms with Gasteiger partial charge in [0.25, 0.3) is 0 Å². The summed E-state index contributed by atoms with van der Waals surface area (Å²) in [6, 6.07) is 8.25. The largest absolute Gasteiger partial charge is 0.497 e. The number of benzene rings is 1. The van der Waals surface area contributed by atoms with Gasteiger partial charge < -0.3 is 18.8 Å². The predicted molar refractivity (Wildman–Crippen MR) is 96.6 cm³/mol. The van der Waals surface area contributed by atoms with Crippen molar-refractivity contribution in [1.82, 2.24) is 9.55 Å². The summed E-state index contributed by atoms with van der Waals surface area (Å²) in [5.74, 6) is 0.324. The SMILES string of the molecule is COc1ccc(CCCC2(Cn3ccnc3)OCC(C)(C)CO2)cc1. The highest BCUT2D eigenvalue weighted by Gasteiger charge is 2.40. The smallest absolute Gasteiger partial charge is 0.186 e. The maximum atomic E-state index is 6.24. The minimum atomic E-state index is -0.567. The molecule has 1 saturated heterocycles. The lowest BCUT2D eigenvalue weighted by molar-refractivity contribution is -0.307. The van der Waals surface area contributed by atoms with E-state index in [1.54, 1.807) is 13.3 Å². The molecule has 3 rings (SSSR count). The molecule has 0 atom stereocenters. The second-order valence-electron chi connectivity index (χ2n) is 7.59. The summed E-state index contributed by atoms with van der Waals surface area (Å²) in [6.45, 7) is 6.44. The minimum absolute atomic E-state index is 0.0639. The molecular formula is C20H28N2O3. The van der Waals surface area contributed by atoms with Crippen LogP contribution in [0.15, 0.2) is 43.0 Å². The predicted octanol–water partition coefficient (Wildman–Crippen LogP) is 3.68. The van der Waals surface area contributed by atoms with Crippen molar-refractivity contribution in [2.24, 2.45) is 5.41 Å². The first-order chi connectivity index (χ1) is 12.0. The summed E-state index contributed by atoms with van der Waals surface area (Å²) in [4.78, 5) is 4.13. The van der Waals surface area contributed by atoms with Crippen molar-refractivity contribution in [3.63, 3.8) is 0 Å². The fraction of sp³-hybridized carbons (Fsp3) is 0.550. The molecule has 5 heteroatoms. The number of aryl methyl sites for hydroxylation is 1. The van der Waals surface area contributed by atoms with E-state index in [0.29, 0.717) is 19.8 Å². The van der Waals surface area contributed by atoms with Crippen molar-refractivity contribution >= 4 is 0 Å². The molecule has 2 heterocycles. The molecule has 1 aromatic carbocycles. The molecule has 136 valence electrons. The quantitative estimate of drug-likeness (QED) is 0.768. The molecule has 0 aliphatic carbocycles. The number of imidazole rings is 1. The second-order valence-corrected chi connectivity index (χ2v) is 7.59. The van der Waals surface area contributed by atoms with Crippen LogP contribution in [0.4, 0.5) is 0 Å². The van der Waals surface area contributed by atoms with Gasteiger partial charge in [-0.2, -0.15) is 0 Å². The Bertz CT molecular complexity index is 640. The van der Waals surface area contributed by atoms with Gasteiger partial charge in [-0.15, -0.1) is 0 Å². The summed E-state index contributed by atoms with van der Waals surface area (Å²) in [6.07, 6.45) is 8.41. The Morgan fingerprint density at radius 2 is 1.88 bits per heavy atom. The van der Waals surface area contributed by atoms with Crippen molar-refractivity contribution in [2.45, 2.75) is 45.4 Å². The summed E-state index contributed by atoms with van der Waals surface area (Å²) in [5, 5.41) is 0. The zero-order valence-electron chi connectivity index (χ0n) is 15.4. The van der Waals surface area contributed by atoms with E-state index >= 15 is 0 Å². The van der Waals surface area contributed by atoms with Crippen molar-refractivity contribution in [3.05, 3.63) is 48.5 Å². The Labute approximate surface area is 149 Å². The summed E-state index contributed by atoms with van der Waals surface area (Å²) in [5.41, 5.74) is 1.36. The van der Waals surface area contributed by atoms with Crippen LogP contribution in [0.3, 0.4) is 0 Å². The van der Waals surface area contributed by atoms with Crippen LogP contribution in [0.2, 0.25) is 0 Å². The van der Waals surface area contributed by atoms with Gasteiger partial charge in [-0.25, -0.2) is 4.98 Å². The summed E-state index contributed by atoms with van der Waals surface area (Å²) >= 11 is 0. The average Bonchev–Trinajstić information content (AvgIpc) is 3.11. The summed E-state index contributed by atoms with van der Waals surface area (Å²) < 4.78 is 19.7. The second kappa shape index (κ2) is 7.58. The number of aromatic nitrogens is 2. The van der Waals surface area contributed by atoms with E-state index < -0.39 is 5.79 Å². The number of ether oxygens (including phenoxy) is 3. The molecule has 1 aliphatic heterocycles. The van der Waals surface area contributed by atoms with Crippen LogP contribution >= 0.6 is 0 Å². The van der Waals surface area contributed by atoms with Crippen LogP contribution < -0.4 is 4.74 Å². The number of nitrogens with zero attached hydrogens (tertiary/aromatic N) is 2. The van der Waals surface area contributed by atoms with E-state index in [-0.39, 0.29) is 5.41 Å². The zero-order chi connectivity index (χ0) is 17.8. The van der Waals surface area contributed by atoms with E-state index in [4.69, 9.17) is 14.2 Å². The van der Waals surface area contributed by atoms with E-state index in [1.807, 2.05) is 29.2 Å². The molecule has 0 radical (unpaired) electrons. The molecule has 0 unspecified atom stereocenters. The minimum Gasteiger partial charge on any atom is -0.497 e. The molecule has 1 aliphatic rings. The van der Waals surface area contributed by atoms with Crippen molar-refractivity contribution < 1.29 is 14.2 Å². The zero-order valence-corrected chi connectivity index (χ0v) is 15.4. The lowest BCUT2D eigenvalue weighted by atomic mass is 9.93. The molecule has 0 N–H and O–H groups in total. The molecule has 0 saturated carbocycles. The standard InChI is InChI=1S/C20H28N2O3/c1-19(2)14-24-20(25-15-19,13-22-12-11-21-16-22)10-4-5-17-6-8-18(23-3)9-7-17/h6-9,11-12,16H,4-5,10,13-15H2,1-3H3. The van der Waals surface area contributed by atoms with E-state index in [1.165, 1.54) is 5.56 Å². The Morgan fingerprint density at radius 1 is 1.16 bits per heavy atom. The first kappa shape index (κ1) is 18.0. The lowest BCUT2D eigenvalue weighted by Gasteiger charge is -2.43. The van der Waals surface area contributed by atoms with Gasteiger partial charge in [-0.1, -0.05) is 26.0 Å². The fourth-order valence-corrected chi connectivity index (χ4v) is 3.06. The number of hydrogen-bond donors (Lipinski definition) is 0. The number of methoxy groups -OCH3 is 1. The lowest BCUT2D eigenvalue weighted by Crippen LogP contribution is -2.50.